The molecule has 7 nitrogen and oxygen atoms in total. The summed E-state index contributed by atoms with van der Waals surface area (Å²) < 4.78 is 2.59. The molecule has 0 unspecified atom stereocenters. The molecule has 1 amide bonds. The summed E-state index contributed by atoms with van der Waals surface area (Å²) in [6.45, 7) is 0. The molecular formula is C16H11BrN6OS2. The van der Waals surface area contributed by atoms with Crippen molar-refractivity contribution in [3.63, 3.8) is 0 Å². The molecule has 1 aromatic carbocycles. The molecule has 0 bridgehead atoms. The van der Waals surface area contributed by atoms with Crippen LogP contribution in [0, 0.1) is 0 Å². The summed E-state index contributed by atoms with van der Waals surface area (Å²) in [5.41, 5.74) is 2.56. The summed E-state index contributed by atoms with van der Waals surface area (Å²) >= 11 is 6.35. The van der Waals surface area contributed by atoms with Gasteiger partial charge >= 0.3 is 0 Å². The van der Waals surface area contributed by atoms with Crippen molar-refractivity contribution in [3.8, 4) is 16.9 Å². The Morgan fingerprint density at radius 1 is 1.27 bits per heavy atom. The van der Waals surface area contributed by atoms with Gasteiger partial charge in [-0.3, -0.25) is 4.79 Å². The van der Waals surface area contributed by atoms with Gasteiger partial charge in [-0.2, -0.15) is 0 Å². The molecule has 3 heterocycles. The van der Waals surface area contributed by atoms with Crippen LogP contribution < -0.4 is 5.32 Å². The number of aromatic nitrogens is 5. The highest BCUT2D eigenvalue weighted by atomic mass is 79.9. The number of amides is 1. The summed E-state index contributed by atoms with van der Waals surface area (Å²) in [7, 11) is 0. The lowest BCUT2D eigenvalue weighted by atomic mass is 10.1. The highest BCUT2D eigenvalue weighted by molar-refractivity contribution is 9.11. The van der Waals surface area contributed by atoms with Crippen LogP contribution >= 0.6 is 38.6 Å². The van der Waals surface area contributed by atoms with Crippen LogP contribution in [0.2, 0.25) is 0 Å². The van der Waals surface area contributed by atoms with Gasteiger partial charge in [0.25, 0.3) is 0 Å². The molecule has 0 aliphatic heterocycles. The second-order valence-corrected chi connectivity index (χ2v) is 8.68. The number of nitrogens with zero attached hydrogens (tertiary/aromatic N) is 5. The predicted molar refractivity (Wildman–Crippen MR) is 105 cm³/mol. The van der Waals surface area contributed by atoms with Crippen molar-refractivity contribution in [1.29, 1.82) is 0 Å². The van der Waals surface area contributed by atoms with Crippen molar-refractivity contribution >= 4 is 49.6 Å². The fourth-order valence-electron chi connectivity index (χ4n) is 2.32. The van der Waals surface area contributed by atoms with Gasteiger partial charge in [-0.15, -0.1) is 27.8 Å². The summed E-state index contributed by atoms with van der Waals surface area (Å²) in [4.78, 5) is 17.7. The molecule has 4 rings (SSSR count). The third-order valence-electron chi connectivity index (χ3n) is 3.47. The van der Waals surface area contributed by atoms with E-state index in [-0.39, 0.29) is 5.91 Å². The smallest absolute Gasteiger partial charge is 0.231 e. The Balaban J connectivity index is 1.48. The zero-order valence-electron chi connectivity index (χ0n) is 13.2. The van der Waals surface area contributed by atoms with Crippen LogP contribution in [0.1, 0.15) is 4.88 Å². The number of hydrogen-bond donors (Lipinski definition) is 1. The average molecular weight is 447 g/mol. The standard InChI is InChI=1S/C16H11BrN6OS2/c17-14-5-4-12(26-14)7-15(24)20-16-19-13(8-25-16)10-2-1-3-11(6-10)23-9-18-21-22-23/h1-6,8-9H,7H2,(H,19,20,24). The summed E-state index contributed by atoms with van der Waals surface area (Å²) in [5, 5.41) is 16.5. The van der Waals surface area contributed by atoms with E-state index in [1.54, 1.807) is 16.0 Å². The monoisotopic (exact) mass is 446 g/mol. The first-order valence-electron chi connectivity index (χ1n) is 7.51. The van der Waals surface area contributed by atoms with Crippen molar-refractivity contribution < 1.29 is 4.79 Å². The Bertz CT molecular complexity index is 1040. The number of benzene rings is 1. The first-order chi connectivity index (χ1) is 12.7. The van der Waals surface area contributed by atoms with Crippen LogP contribution in [0.15, 0.2) is 51.9 Å². The number of carbonyl (C=O) groups is 1. The number of halogens is 1. The molecule has 130 valence electrons. The van der Waals surface area contributed by atoms with Crippen LogP contribution in [0.5, 0.6) is 0 Å². The number of anilines is 1. The quantitative estimate of drug-likeness (QED) is 0.503. The molecule has 0 aliphatic carbocycles. The maximum absolute atomic E-state index is 12.2. The van der Waals surface area contributed by atoms with Gasteiger partial charge in [0, 0.05) is 15.8 Å². The van der Waals surface area contributed by atoms with Crippen LogP contribution in [-0.2, 0) is 11.2 Å². The Labute approximate surface area is 164 Å². The van der Waals surface area contributed by atoms with Crippen LogP contribution in [0.25, 0.3) is 16.9 Å². The van der Waals surface area contributed by atoms with Crippen LogP contribution in [0.4, 0.5) is 5.13 Å². The van der Waals surface area contributed by atoms with Crippen molar-refractivity contribution in [1.82, 2.24) is 25.2 Å². The van der Waals surface area contributed by atoms with E-state index in [9.17, 15) is 4.79 Å². The first-order valence-corrected chi connectivity index (χ1v) is 10.00. The number of rotatable bonds is 5. The lowest BCUT2D eigenvalue weighted by Gasteiger charge is -2.02. The van der Waals surface area contributed by atoms with E-state index in [4.69, 9.17) is 0 Å². The minimum Gasteiger partial charge on any atom is -0.302 e. The second kappa shape index (κ2) is 7.44. The SMILES string of the molecule is O=C(Cc1ccc(Br)s1)Nc1nc(-c2cccc(-n3cnnn3)c2)cs1. The van der Waals surface area contributed by atoms with Gasteiger partial charge in [-0.05, 0) is 50.6 Å². The molecule has 0 fully saturated rings. The van der Waals surface area contributed by atoms with E-state index in [0.29, 0.717) is 11.6 Å². The normalized spacial score (nSPS) is 10.8. The van der Waals surface area contributed by atoms with Crippen molar-refractivity contribution in [2.24, 2.45) is 0 Å². The molecule has 0 radical (unpaired) electrons. The lowest BCUT2D eigenvalue weighted by Crippen LogP contribution is -2.13. The maximum Gasteiger partial charge on any atom is 0.231 e. The number of thiophene rings is 1. The van der Waals surface area contributed by atoms with E-state index >= 15 is 0 Å². The minimum absolute atomic E-state index is 0.0808. The average Bonchev–Trinajstić information content (AvgIpc) is 3.37. The van der Waals surface area contributed by atoms with Crippen molar-refractivity contribution in [2.75, 3.05) is 5.32 Å². The predicted octanol–water partition coefficient (Wildman–Crippen LogP) is 3.79. The Hall–Kier alpha value is -2.43. The van der Waals surface area contributed by atoms with Gasteiger partial charge in [0.2, 0.25) is 5.91 Å². The number of thiazole rings is 1. The van der Waals surface area contributed by atoms with Gasteiger partial charge in [0.15, 0.2) is 5.13 Å². The van der Waals surface area contributed by atoms with E-state index in [1.165, 1.54) is 17.7 Å². The highest BCUT2D eigenvalue weighted by Crippen LogP contribution is 2.27. The molecule has 0 saturated heterocycles. The highest BCUT2D eigenvalue weighted by Gasteiger charge is 2.11. The number of carbonyl (C=O) groups excluding carboxylic acids is 1. The van der Waals surface area contributed by atoms with E-state index in [2.05, 4.69) is 41.8 Å². The Morgan fingerprint density at radius 3 is 2.96 bits per heavy atom. The van der Waals surface area contributed by atoms with Crippen LogP contribution in [-0.4, -0.2) is 31.1 Å². The molecule has 10 heteroatoms. The largest absolute Gasteiger partial charge is 0.302 e. The lowest BCUT2D eigenvalue weighted by molar-refractivity contribution is -0.115. The second-order valence-electron chi connectivity index (χ2n) is 5.27. The van der Waals surface area contributed by atoms with Gasteiger partial charge in [0.05, 0.1) is 21.6 Å². The zero-order valence-corrected chi connectivity index (χ0v) is 16.4. The van der Waals surface area contributed by atoms with Crippen LogP contribution in [0.3, 0.4) is 0 Å². The molecule has 0 aliphatic rings. The zero-order chi connectivity index (χ0) is 17.9. The summed E-state index contributed by atoms with van der Waals surface area (Å²) in [6, 6.07) is 11.6. The molecule has 3 aromatic heterocycles. The summed E-state index contributed by atoms with van der Waals surface area (Å²) in [6.07, 6.45) is 1.87. The Morgan fingerprint density at radius 2 is 2.19 bits per heavy atom. The summed E-state index contributed by atoms with van der Waals surface area (Å²) in [5.74, 6) is -0.0808. The van der Waals surface area contributed by atoms with Crippen molar-refractivity contribution in [2.45, 2.75) is 6.42 Å². The fourth-order valence-corrected chi connectivity index (χ4v) is 4.54. The van der Waals surface area contributed by atoms with E-state index < -0.39 is 0 Å². The molecule has 1 N–H and O–H groups in total. The number of tetrazole rings is 1. The Kier molecular flexibility index (Phi) is 4.87. The van der Waals surface area contributed by atoms with Crippen molar-refractivity contribution in [3.05, 3.63) is 56.8 Å². The third-order valence-corrected chi connectivity index (χ3v) is 5.85. The molecular weight excluding hydrogens is 436 g/mol. The van der Waals surface area contributed by atoms with Gasteiger partial charge < -0.3 is 5.32 Å². The maximum atomic E-state index is 12.2. The number of hydrogen-bond acceptors (Lipinski definition) is 7. The van der Waals surface area contributed by atoms with Gasteiger partial charge in [0.1, 0.15) is 6.33 Å². The topological polar surface area (TPSA) is 85.6 Å². The molecule has 0 saturated carbocycles. The van der Waals surface area contributed by atoms with E-state index in [1.807, 2.05) is 41.8 Å². The molecule has 0 spiro atoms. The van der Waals surface area contributed by atoms with E-state index in [0.717, 1.165) is 25.6 Å². The first kappa shape index (κ1) is 17.0. The molecule has 26 heavy (non-hydrogen) atoms. The molecule has 0 atom stereocenters. The minimum atomic E-state index is -0.0808. The van der Waals surface area contributed by atoms with Gasteiger partial charge in [-0.1, -0.05) is 12.1 Å². The number of nitrogens with one attached hydrogen (secondary N) is 1. The fraction of sp³-hybridized carbons (Fsp3) is 0.0625. The third kappa shape index (κ3) is 3.87. The molecule has 4 aromatic rings. The van der Waals surface area contributed by atoms with Gasteiger partial charge in [-0.25, -0.2) is 9.67 Å².